The fourth-order valence-corrected chi connectivity index (χ4v) is 2.82. The summed E-state index contributed by atoms with van der Waals surface area (Å²) in [5.41, 5.74) is 6.57. The van der Waals surface area contributed by atoms with E-state index in [2.05, 4.69) is 38.5 Å². The molecule has 92 valence electrons. The Labute approximate surface area is 121 Å². The van der Waals surface area contributed by atoms with Gasteiger partial charge in [0.1, 0.15) is 18.3 Å². The molecule has 1 heterocycles. The number of nitrogens with two attached hydrogens (primary N) is 1. The van der Waals surface area contributed by atoms with Crippen LogP contribution in [0.5, 0.6) is 5.75 Å². The van der Waals surface area contributed by atoms with Gasteiger partial charge in [0.15, 0.2) is 0 Å². The lowest BCUT2D eigenvalue weighted by Crippen LogP contribution is -2.13. The predicted molar refractivity (Wildman–Crippen MR) is 76.5 cm³/mol. The minimum absolute atomic E-state index is 0.248. The zero-order valence-corrected chi connectivity index (χ0v) is 12.6. The monoisotopic (exact) mass is 411 g/mol. The quantitative estimate of drug-likeness (QED) is 0.610. The van der Waals surface area contributed by atoms with Crippen molar-refractivity contribution < 1.29 is 14.2 Å². The van der Waals surface area contributed by atoms with Gasteiger partial charge < -0.3 is 19.9 Å². The Morgan fingerprint density at radius 1 is 1.35 bits per heavy atom. The molecular weight excluding hydrogens is 401 g/mol. The molecule has 1 aliphatic rings. The number of rotatable bonds is 4. The molecule has 1 aromatic rings. The van der Waals surface area contributed by atoms with Crippen LogP contribution in [-0.2, 0) is 9.47 Å². The molecule has 0 saturated carbocycles. The van der Waals surface area contributed by atoms with Gasteiger partial charge in [0.2, 0.25) is 6.29 Å². The number of hydrogen-bond acceptors (Lipinski definition) is 4. The van der Waals surface area contributed by atoms with Gasteiger partial charge in [-0.2, -0.15) is 0 Å². The van der Waals surface area contributed by atoms with Crippen molar-refractivity contribution in [3.8, 4) is 5.75 Å². The van der Waals surface area contributed by atoms with Crippen molar-refractivity contribution in [3.63, 3.8) is 0 Å². The number of ether oxygens (including phenoxy) is 3. The normalized spacial score (nSPS) is 14.5. The first-order valence-electron chi connectivity index (χ1n) is 5.00. The van der Waals surface area contributed by atoms with E-state index in [0.29, 0.717) is 24.5 Å². The van der Waals surface area contributed by atoms with E-state index < -0.39 is 0 Å². The van der Waals surface area contributed by atoms with Crippen molar-refractivity contribution in [3.05, 3.63) is 32.7 Å². The van der Waals surface area contributed by atoms with Crippen LogP contribution >= 0.6 is 38.5 Å². The Kier molecular flexibility index (Phi) is 4.38. The topological polar surface area (TPSA) is 53.7 Å². The Bertz CT molecular complexity index is 431. The predicted octanol–water partition coefficient (Wildman–Crippen LogP) is 3.25. The lowest BCUT2D eigenvalue weighted by atomic mass is 10.3. The Morgan fingerprint density at radius 3 is 2.76 bits per heavy atom. The highest BCUT2D eigenvalue weighted by atomic mass is 127. The van der Waals surface area contributed by atoms with Crippen LogP contribution in [0.3, 0.4) is 0 Å². The van der Waals surface area contributed by atoms with E-state index in [1.807, 2.05) is 12.1 Å². The average Bonchev–Trinajstić information content (AvgIpc) is 2.78. The van der Waals surface area contributed by atoms with Crippen molar-refractivity contribution in [2.75, 3.05) is 12.3 Å². The van der Waals surface area contributed by atoms with E-state index in [0.717, 1.165) is 8.04 Å². The minimum Gasteiger partial charge on any atom is -0.491 e. The second-order valence-corrected chi connectivity index (χ2v) is 5.49. The fraction of sp³-hybridized carbons (Fsp3) is 0.273. The molecular formula is C11H11BrINO3. The van der Waals surface area contributed by atoms with E-state index in [1.165, 1.54) is 12.5 Å². The summed E-state index contributed by atoms with van der Waals surface area (Å²) in [5.74, 6) is 0.676. The first-order chi connectivity index (χ1) is 8.16. The van der Waals surface area contributed by atoms with E-state index in [1.54, 1.807) is 0 Å². The van der Waals surface area contributed by atoms with Gasteiger partial charge in [0, 0.05) is 8.04 Å². The third-order valence-electron chi connectivity index (χ3n) is 2.18. The SMILES string of the molecule is Nc1c(I)cc(Br)cc1OCCC1OC=CO1. The Balaban J connectivity index is 1.90. The highest BCUT2D eigenvalue weighted by Crippen LogP contribution is 2.31. The second-order valence-electron chi connectivity index (χ2n) is 3.41. The van der Waals surface area contributed by atoms with Gasteiger partial charge in [-0.05, 0) is 34.7 Å². The van der Waals surface area contributed by atoms with Crippen molar-refractivity contribution in [2.45, 2.75) is 12.7 Å². The fourth-order valence-electron chi connectivity index (χ4n) is 1.35. The van der Waals surface area contributed by atoms with Crippen LogP contribution in [0.1, 0.15) is 6.42 Å². The van der Waals surface area contributed by atoms with Crippen LogP contribution in [0.4, 0.5) is 5.69 Å². The van der Waals surface area contributed by atoms with E-state index >= 15 is 0 Å². The maximum absolute atomic E-state index is 5.92. The van der Waals surface area contributed by atoms with Gasteiger partial charge in [0.25, 0.3) is 0 Å². The highest BCUT2D eigenvalue weighted by Gasteiger charge is 2.13. The van der Waals surface area contributed by atoms with E-state index in [4.69, 9.17) is 19.9 Å². The summed E-state index contributed by atoms with van der Waals surface area (Å²) in [4.78, 5) is 0. The standard InChI is InChI=1S/C11H11BrINO3/c12-7-5-8(13)11(14)9(6-7)15-2-1-10-16-3-4-17-10/h3-6,10H,1-2,14H2. The molecule has 0 bridgehead atoms. The highest BCUT2D eigenvalue weighted by molar-refractivity contribution is 14.1. The van der Waals surface area contributed by atoms with E-state index in [9.17, 15) is 0 Å². The van der Waals surface area contributed by atoms with Gasteiger partial charge in [-0.3, -0.25) is 0 Å². The van der Waals surface area contributed by atoms with Crippen molar-refractivity contribution in [1.29, 1.82) is 0 Å². The molecule has 0 atom stereocenters. The number of nitrogen functional groups attached to an aromatic ring is 1. The molecule has 0 radical (unpaired) electrons. The summed E-state index contributed by atoms with van der Waals surface area (Å²) in [6.45, 7) is 0.489. The summed E-state index contributed by atoms with van der Waals surface area (Å²) >= 11 is 5.58. The second kappa shape index (κ2) is 5.81. The molecule has 0 aromatic heterocycles. The molecule has 1 aliphatic heterocycles. The maximum atomic E-state index is 5.92. The van der Waals surface area contributed by atoms with Crippen LogP contribution in [-0.4, -0.2) is 12.9 Å². The van der Waals surface area contributed by atoms with Gasteiger partial charge in [-0.1, -0.05) is 15.9 Å². The van der Waals surface area contributed by atoms with Crippen molar-refractivity contribution in [1.82, 2.24) is 0 Å². The first kappa shape index (κ1) is 12.8. The first-order valence-corrected chi connectivity index (χ1v) is 6.87. The molecule has 17 heavy (non-hydrogen) atoms. The lowest BCUT2D eigenvalue weighted by Gasteiger charge is -2.13. The minimum atomic E-state index is -0.248. The molecule has 0 amide bonds. The van der Waals surface area contributed by atoms with Crippen molar-refractivity contribution >= 4 is 44.2 Å². The zero-order valence-electron chi connectivity index (χ0n) is 8.86. The van der Waals surface area contributed by atoms with Crippen LogP contribution in [0.2, 0.25) is 0 Å². The zero-order chi connectivity index (χ0) is 12.3. The smallest absolute Gasteiger partial charge is 0.242 e. The third-order valence-corrected chi connectivity index (χ3v) is 3.53. The molecule has 1 aromatic carbocycles. The molecule has 2 N–H and O–H groups in total. The number of hydrogen-bond donors (Lipinski definition) is 1. The summed E-state index contributed by atoms with van der Waals surface area (Å²) in [5, 5.41) is 0. The lowest BCUT2D eigenvalue weighted by molar-refractivity contribution is -0.0353. The van der Waals surface area contributed by atoms with Gasteiger partial charge in [0.05, 0.1) is 18.7 Å². The summed E-state index contributed by atoms with van der Waals surface area (Å²) in [7, 11) is 0. The van der Waals surface area contributed by atoms with Crippen LogP contribution in [0.25, 0.3) is 0 Å². The number of anilines is 1. The molecule has 6 heteroatoms. The Hall–Kier alpha value is -0.630. The van der Waals surface area contributed by atoms with Crippen LogP contribution < -0.4 is 10.5 Å². The molecule has 0 aliphatic carbocycles. The molecule has 0 unspecified atom stereocenters. The van der Waals surface area contributed by atoms with Crippen molar-refractivity contribution in [2.24, 2.45) is 0 Å². The molecule has 0 spiro atoms. The van der Waals surface area contributed by atoms with Gasteiger partial charge in [-0.25, -0.2) is 0 Å². The van der Waals surface area contributed by atoms with Crippen LogP contribution in [0, 0.1) is 3.57 Å². The summed E-state index contributed by atoms with van der Waals surface area (Å²) in [6.07, 6.45) is 3.46. The number of benzene rings is 1. The van der Waals surface area contributed by atoms with Gasteiger partial charge in [-0.15, -0.1) is 0 Å². The van der Waals surface area contributed by atoms with Crippen LogP contribution in [0.15, 0.2) is 29.1 Å². The average molecular weight is 412 g/mol. The van der Waals surface area contributed by atoms with Gasteiger partial charge >= 0.3 is 0 Å². The summed E-state index contributed by atoms with van der Waals surface area (Å²) < 4.78 is 17.8. The van der Waals surface area contributed by atoms with E-state index in [-0.39, 0.29) is 6.29 Å². The molecule has 0 fully saturated rings. The third kappa shape index (κ3) is 3.41. The largest absolute Gasteiger partial charge is 0.491 e. The number of halogens is 2. The summed E-state index contributed by atoms with van der Waals surface area (Å²) in [6, 6.07) is 3.79. The molecule has 4 nitrogen and oxygen atoms in total. The molecule has 2 rings (SSSR count). The Morgan fingerprint density at radius 2 is 2.06 bits per heavy atom. The maximum Gasteiger partial charge on any atom is 0.242 e. The molecule has 0 saturated heterocycles.